The van der Waals surface area contributed by atoms with Crippen molar-refractivity contribution in [1.29, 1.82) is 0 Å². The molecule has 1 saturated heterocycles. The van der Waals surface area contributed by atoms with E-state index in [1.54, 1.807) is 0 Å². The Bertz CT molecular complexity index is 314. The molecule has 1 aliphatic rings. The highest BCUT2D eigenvalue weighted by molar-refractivity contribution is 5.05. The van der Waals surface area contributed by atoms with Crippen LogP contribution in [-0.2, 0) is 6.54 Å². The van der Waals surface area contributed by atoms with E-state index >= 15 is 0 Å². The summed E-state index contributed by atoms with van der Waals surface area (Å²) < 4.78 is 5.53. The maximum absolute atomic E-state index is 5.53. The molecule has 0 radical (unpaired) electrons. The van der Waals surface area contributed by atoms with Crippen LogP contribution in [0.3, 0.4) is 0 Å². The molecule has 0 amide bonds. The summed E-state index contributed by atoms with van der Waals surface area (Å²) in [4.78, 5) is 0. The molecular formula is C14H24N2O. The Morgan fingerprint density at radius 3 is 3.00 bits per heavy atom. The first-order valence-corrected chi connectivity index (χ1v) is 6.84. The van der Waals surface area contributed by atoms with Gasteiger partial charge in [0.15, 0.2) is 0 Å². The molecule has 2 heterocycles. The third-order valence-corrected chi connectivity index (χ3v) is 3.40. The number of furan rings is 1. The van der Waals surface area contributed by atoms with Gasteiger partial charge in [0, 0.05) is 12.6 Å². The van der Waals surface area contributed by atoms with Crippen molar-refractivity contribution < 1.29 is 4.42 Å². The first-order chi connectivity index (χ1) is 8.34. The zero-order valence-corrected chi connectivity index (χ0v) is 10.8. The SMILES string of the molecule is Cc1ccc(CNCC2CCCCCCN2)o1. The molecule has 1 atom stereocenters. The highest BCUT2D eigenvalue weighted by Gasteiger charge is 2.10. The molecule has 0 bridgehead atoms. The predicted molar refractivity (Wildman–Crippen MR) is 70.0 cm³/mol. The molecule has 2 rings (SSSR count). The summed E-state index contributed by atoms with van der Waals surface area (Å²) in [6.45, 7) is 5.04. The van der Waals surface area contributed by atoms with Gasteiger partial charge in [-0.25, -0.2) is 0 Å². The predicted octanol–water partition coefficient (Wildman–Crippen LogP) is 2.60. The Morgan fingerprint density at radius 2 is 2.18 bits per heavy atom. The third kappa shape index (κ3) is 4.52. The Labute approximate surface area is 104 Å². The second-order valence-electron chi connectivity index (χ2n) is 5.00. The van der Waals surface area contributed by atoms with Crippen LogP contribution in [0.5, 0.6) is 0 Å². The fourth-order valence-corrected chi connectivity index (χ4v) is 2.40. The Kier molecular flexibility index (Phi) is 5.08. The lowest BCUT2D eigenvalue weighted by molar-refractivity contribution is 0.387. The van der Waals surface area contributed by atoms with Crippen LogP contribution in [-0.4, -0.2) is 19.1 Å². The molecule has 1 unspecified atom stereocenters. The topological polar surface area (TPSA) is 37.2 Å². The van der Waals surface area contributed by atoms with Gasteiger partial charge in [0.25, 0.3) is 0 Å². The molecule has 3 heteroatoms. The second-order valence-corrected chi connectivity index (χ2v) is 5.00. The van der Waals surface area contributed by atoms with Crippen molar-refractivity contribution in [2.45, 2.75) is 51.6 Å². The number of rotatable bonds is 4. The molecule has 17 heavy (non-hydrogen) atoms. The average Bonchev–Trinajstić information content (AvgIpc) is 2.67. The van der Waals surface area contributed by atoms with Gasteiger partial charge in [0.05, 0.1) is 6.54 Å². The Morgan fingerprint density at radius 1 is 1.29 bits per heavy atom. The summed E-state index contributed by atoms with van der Waals surface area (Å²) in [6, 6.07) is 4.70. The van der Waals surface area contributed by atoms with Gasteiger partial charge in [-0.1, -0.05) is 19.3 Å². The molecule has 1 aromatic heterocycles. The van der Waals surface area contributed by atoms with E-state index < -0.39 is 0 Å². The maximum Gasteiger partial charge on any atom is 0.117 e. The van der Waals surface area contributed by atoms with Crippen molar-refractivity contribution in [3.05, 3.63) is 23.7 Å². The largest absolute Gasteiger partial charge is 0.465 e. The molecule has 96 valence electrons. The average molecular weight is 236 g/mol. The zero-order chi connectivity index (χ0) is 11.9. The van der Waals surface area contributed by atoms with Crippen molar-refractivity contribution in [1.82, 2.24) is 10.6 Å². The van der Waals surface area contributed by atoms with Crippen molar-refractivity contribution in [3.63, 3.8) is 0 Å². The highest BCUT2D eigenvalue weighted by Crippen LogP contribution is 2.09. The van der Waals surface area contributed by atoms with Crippen molar-refractivity contribution >= 4 is 0 Å². The first kappa shape index (κ1) is 12.7. The van der Waals surface area contributed by atoms with Crippen molar-refractivity contribution in [2.75, 3.05) is 13.1 Å². The van der Waals surface area contributed by atoms with E-state index in [2.05, 4.69) is 10.6 Å². The molecule has 0 spiro atoms. The van der Waals surface area contributed by atoms with Crippen LogP contribution in [0.2, 0.25) is 0 Å². The number of nitrogens with one attached hydrogen (secondary N) is 2. The monoisotopic (exact) mass is 236 g/mol. The number of hydrogen-bond donors (Lipinski definition) is 2. The van der Waals surface area contributed by atoms with Gasteiger partial charge >= 0.3 is 0 Å². The standard InChI is InChI=1S/C14H24N2O/c1-12-7-8-14(17-12)11-15-10-13-6-4-2-3-5-9-16-13/h7-8,13,15-16H,2-6,9-11H2,1H3. The minimum Gasteiger partial charge on any atom is -0.465 e. The van der Waals surface area contributed by atoms with Crippen LogP contribution in [0.1, 0.15) is 43.6 Å². The van der Waals surface area contributed by atoms with E-state index in [0.29, 0.717) is 6.04 Å². The molecule has 0 aromatic carbocycles. The summed E-state index contributed by atoms with van der Waals surface area (Å²) in [5.41, 5.74) is 0. The van der Waals surface area contributed by atoms with Gasteiger partial charge < -0.3 is 15.1 Å². The van der Waals surface area contributed by atoms with Gasteiger partial charge in [-0.3, -0.25) is 0 Å². The molecule has 0 aliphatic carbocycles. The summed E-state index contributed by atoms with van der Waals surface area (Å²) >= 11 is 0. The van der Waals surface area contributed by atoms with Crippen molar-refractivity contribution in [3.8, 4) is 0 Å². The van der Waals surface area contributed by atoms with Crippen LogP contribution < -0.4 is 10.6 Å². The summed E-state index contributed by atoms with van der Waals surface area (Å²) in [7, 11) is 0. The van der Waals surface area contributed by atoms with Gasteiger partial charge in [0.2, 0.25) is 0 Å². The lowest BCUT2D eigenvalue weighted by atomic mass is 10.0. The number of hydrogen-bond acceptors (Lipinski definition) is 3. The van der Waals surface area contributed by atoms with Gasteiger partial charge in [-0.05, 0) is 38.4 Å². The third-order valence-electron chi connectivity index (χ3n) is 3.40. The Hall–Kier alpha value is -0.800. The fraction of sp³-hybridized carbons (Fsp3) is 0.714. The molecule has 3 nitrogen and oxygen atoms in total. The zero-order valence-electron chi connectivity index (χ0n) is 10.8. The Balaban J connectivity index is 1.66. The van der Waals surface area contributed by atoms with E-state index in [1.165, 1.54) is 38.6 Å². The van der Waals surface area contributed by atoms with Gasteiger partial charge in [-0.15, -0.1) is 0 Å². The highest BCUT2D eigenvalue weighted by atomic mass is 16.3. The molecule has 0 saturated carbocycles. The van der Waals surface area contributed by atoms with Crippen LogP contribution in [0, 0.1) is 6.92 Å². The van der Waals surface area contributed by atoms with Crippen LogP contribution >= 0.6 is 0 Å². The summed E-state index contributed by atoms with van der Waals surface area (Å²) in [5.74, 6) is 2.03. The second kappa shape index (κ2) is 6.82. The normalized spacial score (nSPS) is 22.1. The van der Waals surface area contributed by atoms with Gasteiger partial charge in [-0.2, -0.15) is 0 Å². The lowest BCUT2D eigenvalue weighted by Gasteiger charge is -2.21. The van der Waals surface area contributed by atoms with E-state index in [4.69, 9.17) is 4.42 Å². The minimum absolute atomic E-state index is 0.631. The quantitative estimate of drug-likeness (QED) is 0.844. The van der Waals surface area contributed by atoms with Crippen LogP contribution in [0.25, 0.3) is 0 Å². The molecule has 1 aliphatic heterocycles. The lowest BCUT2D eigenvalue weighted by Crippen LogP contribution is -2.39. The smallest absolute Gasteiger partial charge is 0.117 e. The van der Waals surface area contributed by atoms with E-state index in [-0.39, 0.29) is 0 Å². The van der Waals surface area contributed by atoms with Crippen LogP contribution in [0.4, 0.5) is 0 Å². The summed E-state index contributed by atoms with van der Waals surface area (Å²) in [5, 5.41) is 7.10. The van der Waals surface area contributed by atoms with Crippen LogP contribution in [0.15, 0.2) is 16.5 Å². The van der Waals surface area contributed by atoms with Crippen molar-refractivity contribution in [2.24, 2.45) is 0 Å². The maximum atomic E-state index is 5.53. The van der Waals surface area contributed by atoms with E-state index in [9.17, 15) is 0 Å². The molecule has 2 N–H and O–H groups in total. The van der Waals surface area contributed by atoms with E-state index in [1.807, 2.05) is 19.1 Å². The summed E-state index contributed by atoms with van der Waals surface area (Å²) in [6.07, 6.45) is 6.77. The van der Waals surface area contributed by atoms with E-state index in [0.717, 1.165) is 24.6 Å². The molecular weight excluding hydrogens is 212 g/mol. The van der Waals surface area contributed by atoms with Gasteiger partial charge in [0.1, 0.15) is 11.5 Å². The molecule has 1 aromatic rings. The fourth-order valence-electron chi connectivity index (χ4n) is 2.40. The number of aryl methyl sites for hydroxylation is 1. The minimum atomic E-state index is 0.631. The first-order valence-electron chi connectivity index (χ1n) is 6.84. The molecule has 1 fully saturated rings.